The smallest absolute Gasteiger partial charge is 0.262 e. The van der Waals surface area contributed by atoms with Gasteiger partial charge in [0.15, 0.2) is 0 Å². The molecule has 9 nitrogen and oxygen atoms in total. The summed E-state index contributed by atoms with van der Waals surface area (Å²) in [6.45, 7) is -0.637. The van der Waals surface area contributed by atoms with Crippen LogP contribution in [0.5, 0.6) is 0 Å². The molecule has 4 N–H and O–H groups in total. The summed E-state index contributed by atoms with van der Waals surface area (Å²) in [6.07, 6.45) is 0. The average molecular weight is 500 g/mol. The number of hydrogen-bond acceptors (Lipinski definition) is 6. The van der Waals surface area contributed by atoms with E-state index in [4.69, 9.17) is 5.21 Å². The van der Waals surface area contributed by atoms with Gasteiger partial charge in [0.1, 0.15) is 6.04 Å². The number of fused-ring (bicyclic) bond motifs is 2. The first-order valence-corrected chi connectivity index (χ1v) is 13.1. The van der Waals surface area contributed by atoms with Gasteiger partial charge in [-0.1, -0.05) is 72.8 Å². The maximum atomic E-state index is 13.1. The first kappa shape index (κ1) is 23.8. The van der Waals surface area contributed by atoms with Crippen LogP contribution in [-0.2, 0) is 24.8 Å². The topological polar surface area (TPSA) is 142 Å². The van der Waals surface area contributed by atoms with E-state index in [9.17, 15) is 21.6 Å². The number of carbonyl (C=O) groups excluding carboxylic acids is 1. The Balaban J connectivity index is 1.62. The molecule has 0 radical (unpaired) electrons. The zero-order valence-corrected chi connectivity index (χ0v) is 19.3. The van der Waals surface area contributed by atoms with Crippen molar-refractivity contribution in [3.05, 3.63) is 84.9 Å². The Morgan fingerprint density at radius 1 is 0.706 bits per heavy atom. The van der Waals surface area contributed by atoms with Crippen LogP contribution in [0.2, 0.25) is 0 Å². The first-order valence-electron chi connectivity index (χ1n) is 10.1. The second-order valence-corrected chi connectivity index (χ2v) is 10.9. The van der Waals surface area contributed by atoms with Crippen LogP contribution in [0.1, 0.15) is 0 Å². The van der Waals surface area contributed by atoms with Crippen molar-refractivity contribution in [3.63, 3.8) is 0 Å². The van der Waals surface area contributed by atoms with Crippen LogP contribution in [0.15, 0.2) is 94.7 Å². The molecule has 0 fully saturated rings. The monoisotopic (exact) mass is 499 g/mol. The van der Waals surface area contributed by atoms with E-state index in [0.717, 1.165) is 0 Å². The Labute approximate surface area is 196 Å². The van der Waals surface area contributed by atoms with E-state index in [1.54, 1.807) is 72.8 Å². The first-order chi connectivity index (χ1) is 16.2. The largest absolute Gasteiger partial charge is 0.289 e. The molecule has 0 bridgehead atoms. The van der Waals surface area contributed by atoms with Crippen molar-refractivity contribution >= 4 is 47.5 Å². The number of nitrogens with one attached hydrogen (secondary N) is 3. The molecular formula is C23H21N3O6S2. The van der Waals surface area contributed by atoms with E-state index in [0.29, 0.717) is 21.5 Å². The van der Waals surface area contributed by atoms with Crippen molar-refractivity contribution in [3.8, 4) is 0 Å². The number of hydrogen-bond donors (Lipinski definition) is 4. The summed E-state index contributed by atoms with van der Waals surface area (Å²) in [4.78, 5) is 12.1. The minimum atomic E-state index is -4.26. The molecule has 11 heteroatoms. The van der Waals surface area contributed by atoms with Crippen molar-refractivity contribution in [1.82, 2.24) is 14.9 Å². The molecule has 0 spiro atoms. The highest BCUT2D eigenvalue weighted by Crippen LogP contribution is 2.24. The van der Waals surface area contributed by atoms with E-state index in [1.807, 2.05) is 0 Å². The number of amides is 1. The molecule has 0 aliphatic carbocycles. The molecule has 0 aliphatic heterocycles. The summed E-state index contributed by atoms with van der Waals surface area (Å²) in [5, 5.41) is 11.4. The quantitative estimate of drug-likeness (QED) is 0.216. The van der Waals surface area contributed by atoms with Gasteiger partial charge in [0.25, 0.3) is 5.91 Å². The van der Waals surface area contributed by atoms with E-state index in [2.05, 4.69) is 9.44 Å². The van der Waals surface area contributed by atoms with E-state index in [-0.39, 0.29) is 9.79 Å². The molecule has 0 aliphatic rings. The molecular weight excluding hydrogens is 478 g/mol. The van der Waals surface area contributed by atoms with Crippen LogP contribution in [0.4, 0.5) is 0 Å². The molecule has 1 atom stereocenters. The van der Waals surface area contributed by atoms with Crippen molar-refractivity contribution in [2.24, 2.45) is 0 Å². The van der Waals surface area contributed by atoms with Gasteiger partial charge in [0.2, 0.25) is 20.0 Å². The van der Waals surface area contributed by atoms with E-state index < -0.39 is 38.5 Å². The van der Waals surface area contributed by atoms with Gasteiger partial charge in [0, 0.05) is 17.3 Å². The SMILES string of the molecule is O=C(NO)C(CNS(=O)(=O)c1cccc2ccccc12)NS(=O)(=O)c1cccc2ccccc12. The molecule has 1 amide bonds. The Morgan fingerprint density at radius 3 is 1.71 bits per heavy atom. The number of benzene rings is 4. The van der Waals surface area contributed by atoms with Crippen molar-refractivity contribution in [1.29, 1.82) is 0 Å². The lowest BCUT2D eigenvalue weighted by Crippen LogP contribution is -2.51. The highest BCUT2D eigenvalue weighted by molar-refractivity contribution is 7.90. The highest BCUT2D eigenvalue weighted by Gasteiger charge is 2.29. The molecule has 0 heterocycles. The Kier molecular flexibility index (Phi) is 6.64. The van der Waals surface area contributed by atoms with Crippen LogP contribution < -0.4 is 14.9 Å². The van der Waals surface area contributed by atoms with E-state index >= 15 is 0 Å². The minimum absolute atomic E-state index is 0.0225. The molecule has 0 aromatic heterocycles. The van der Waals surface area contributed by atoms with Crippen LogP contribution in [0.25, 0.3) is 21.5 Å². The van der Waals surface area contributed by atoms with Crippen molar-refractivity contribution in [2.45, 2.75) is 15.8 Å². The Hall–Kier alpha value is -3.35. The Bertz CT molecular complexity index is 1580. The number of hydroxylamine groups is 1. The summed E-state index contributed by atoms with van der Waals surface area (Å²) >= 11 is 0. The number of carbonyl (C=O) groups is 1. The summed E-state index contributed by atoms with van der Waals surface area (Å²) in [6, 6.07) is 21.5. The molecule has 34 heavy (non-hydrogen) atoms. The summed E-state index contributed by atoms with van der Waals surface area (Å²) in [5.74, 6) is -1.12. The standard InChI is InChI=1S/C23H21N3O6S2/c27-23(25-28)20(26-34(31,32)22-14-6-10-17-8-2-4-12-19(17)22)15-24-33(29,30)21-13-5-9-16-7-1-3-11-18(16)21/h1-14,20,24,26,28H,15H2,(H,25,27). The molecule has 0 saturated heterocycles. The molecule has 1 unspecified atom stereocenters. The lowest BCUT2D eigenvalue weighted by molar-refractivity contribution is -0.130. The van der Waals surface area contributed by atoms with Gasteiger partial charge in [-0.2, -0.15) is 4.72 Å². The van der Waals surface area contributed by atoms with Crippen molar-refractivity contribution in [2.75, 3.05) is 6.54 Å². The highest BCUT2D eigenvalue weighted by atomic mass is 32.2. The Morgan fingerprint density at radius 2 is 1.18 bits per heavy atom. The second kappa shape index (κ2) is 9.49. The third-order valence-electron chi connectivity index (χ3n) is 5.28. The average Bonchev–Trinajstić information content (AvgIpc) is 2.85. The fourth-order valence-corrected chi connectivity index (χ4v) is 6.35. The zero-order chi connectivity index (χ0) is 24.3. The molecule has 0 saturated carbocycles. The number of sulfonamides is 2. The normalized spacial score (nSPS) is 13.1. The van der Waals surface area contributed by atoms with Crippen molar-refractivity contribution < 1.29 is 26.8 Å². The van der Waals surface area contributed by atoms with Crippen LogP contribution in [0.3, 0.4) is 0 Å². The zero-order valence-electron chi connectivity index (χ0n) is 17.7. The van der Waals surface area contributed by atoms with Gasteiger partial charge in [-0.25, -0.2) is 27.0 Å². The number of rotatable bonds is 8. The fourth-order valence-electron chi connectivity index (χ4n) is 3.65. The fraction of sp³-hybridized carbons (Fsp3) is 0.0870. The van der Waals surface area contributed by atoms with Gasteiger partial charge in [-0.05, 0) is 22.9 Å². The van der Waals surface area contributed by atoms with Gasteiger partial charge in [-0.15, -0.1) is 0 Å². The van der Waals surface area contributed by atoms with Crippen LogP contribution >= 0.6 is 0 Å². The van der Waals surface area contributed by atoms with Gasteiger partial charge in [0.05, 0.1) is 9.79 Å². The lowest BCUT2D eigenvalue weighted by atomic mass is 10.1. The van der Waals surface area contributed by atoms with E-state index in [1.165, 1.54) is 17.6 Å². The summed E-state index contributed by atoms with van der Waals surface area (Å²) in [5.41, 5.74) is 1.38. The lowest BCUT2D eigenvalue weighted by Gasteiger charge is -2.19. The predicted octanol–water partition coefficient (Wildman–Crippen LogP) is 2.12. The third-order valence-corrected chi connectivity index (χ3v) is 8.29. The summed E-state index contributed by atoms with van der Waals surface area (Å²) < 4.78 is 56.6. The molecule has 176 valence electrons. The molecule has 4 rings (SSSR count). The predicted molar refractivity (Wildman–Crippen MR) is 127 cm³/mol. The molecule has 4 aromatic rings. The minimum Gasteiger partial charge on any atom is -0.289 e. The maximum absolute atomic E-state index is 13.1. The van der Waals surface area contributed by atoms with Gasteiger partial charge in [-0.3, -0.25) is 10.0 Å². The second-order valence-electron chi connectivity index (χ2n) is 7.46. The van der Waals surface area contributed by atoms with Gasteiger partial charge >= 0.3 is 0 Å². The van der Waals surface area contributed by atoms with Gasteiger partial charge < -0.3 is 0 Å². The third kappa shape index (κ3) is 4.79. The summed E-state index contributed by atoms with van der Waals surface area (Å²) in [7, 11) is -8.39. The van der Waals surface area contributed by atoms with Crippen LogP contribution in [0, 0.1) is 0 Å². The maximum Gasteiger partial charge on any atom is 0.262 e. The van der Waals surface area contributed by atoms with Crippen LogP contribution in [-0.4, -0.2) is 40.5 Å². The molecule has 4 aromatic carbocycles.